The van der Waals surface area contributed by atoms with E-state index < -0.39 is 0 Å². The molecule has 0 aliphatic carbocycles. The molecule has 0 saturated heterocycles. The lowest BCUT2D eigenvalue weighted by Crippen LogP contribution is -2.02. The lowest BCUT2D eigenvalue weighted by molar-refractivity contribution is 0.314. The van der Waals surface area contributed by atoms with Gasteiger partial charge in [-0.3, -0.25) is 0 Å². The van der Waals surface area contributed by atoms with Crippen LogP contribution in [0.2, 0.25) is 5.02 Å². The molecule has 2 nitrogen and oxygen atoms in total. The molecule has 3 heteroatoms. The second kappa shape index (κ2) is 5.10. The molecule has 0 saturated carbocycles. The summed E-state index contributed by atoms with van der Waals surface area (Å²) in [5, 5.41) is 0.698. The molecule has 0 aliphatic heterocycles. The Morgan fingerprint density at radius 2 is 2.23 bits per heavy atom. The number of rotatable bonds is 4. The average Bonchev–Trinajstić information content (AvgIpc) is 2.16. The third kappa shape index (κ3) is 2.90. The van der Waals surface area contributed by atoms with Crippen LogP contribution in [0.1, 0.15) is 18.9 Å². The molecule has 0 atom stereocenters. The quantitative estimate of drug-likeness (QED) is 0.809. The summed E-state index contributed by atoms with van der Waals surface area (Å²) in [6, 6.07) is 5.51. The van der Waals surface area contributed by atoms with Crippen LogP contribution in [0.4, 0.5) is 0 Å². The summed E-state index contributed by atoms with van der Waals surface area (Å²) in [6.45, 7) is 3.24. The fourth-order valence-corrected chi connectivity index (χ4v) is 1.26. The van der Waals surface area contributed by atoms with E-state index in [9.17, 15) is 0 Å². The second-order valence-electron chi connectivity index (χ2n) is 2.80. The molecule has 0 aromatic heterocycles. The van der Waals surface area contributed by atoms with E-state index >= 15 is 0 Å². The molecule has 0 amide bonds. The Morgan fingerprint density at radius 1 is 1.46 bits per heavy atom. The number of benzene rings is 1. The second-order valence-corrected chi connectivity index (χ2v) is 3.24. The van der Waals surface area contributed by atoms with Crippen molar-refractivity contribution in [3.63, 3.8) is 0 Å². The minimum atomic E-state index is 0.458. The van der Waals surface area contributed by atoms with Crippen molar-refractivity contribution in [1.29, 1.82) is 0 Å². The molecular formula is C10H14ClNO. The fourth-order valence-electron chi connectivity index (χ4n) is 1.06. The van der Waals surface area contributed by atoms with Crippen LogP contribution in [0.25, 0.3) is 0 Å². The zero-order valence-electron chi connectivity index (χ0n) is 7.72. The molecule has 13 heavy (non-hydrogen) atoms. The summed E-state index contributed by atoms with van der Waals surface area (Å²) < 4.78 is 5.49. The van der Waals surface area contributed by atoms with Crippen LogP contribution in [-0.2, 0) is 6.54 Å². The Labute approximate surface area is 83.6 Å². The van der Waals surface area contributed by atoms with Crippen LogP contribution in [0.5, 0.6) is 5.75 Å². The monoisotopic (exact) mass is 199 g/mol. The molecular weight excluding hydrogens is 186 g/mol. The van der Waals surface area contributed by atoms with Crippen molar-refractivity contribution in [2.24, 2.45) is 5.73 Å². The molecule has 72 valence electrons. The van der Waals surface area contributed by atoms with E-state index in [0.717, 1.165) is 17.7 Å². The van der Waals surface area contributed by atoms with Crippen molar-refractivity contribution in [2.45, 2.75) is 19.9 Å². The summed E-state index contributed by atoms with van der Waals surface area (Å²) in [5.41, 5.74) is 6.51. The molecule has 0 heterocycles. The third-order valence-corrected chi connectivity index (χ3v) is 1.94. The minimum Gasteiger partial charge on any atom is -0.493 e. The Kier molecular flexibility index (Phi) is 4.06. The van der Waals surface area contributed by atoms with Gasteiger partial charge in [0, 0.05) is 17.1 Å². The molecule has 0 radical (unpaired) electrons. The smallest absolute Gasteiger partial charge is 0.123 e. The van der Waals surface area contributed by atoms with Gasteiger partial charge in [0.15, 0.2) is 0 Å². The van der Waals surface area contributed by atoms with Crippen molar-refractivity contribution in [2.75, 3.05) is 6.61 Å². The minimum absolute atomic E-state index is 0.458. The highest BCUT2D eigenvalue weighted by Gasteiger charge is 2.01. The van der Waals surface area contributed by atoms with Gasteiger partial charge in [0.1, 0.15) is 5.75 Å². The maximum atomic E-state index is 5.82. The van der Waals surface area contributed by atoms with Gasteiger partial charge in [0.05, 0.1) is 6.61 Å². The van der Waals surface area contributed by atoms with E-state index in [1.165, 1.54) is 0 Å². The summed E-state index contributed by atoms with van der Waals surface area (Å²) >= 11 is 5.82. The Balaban J connectivity index is 2.79. The van der Waals surface area contributed by atoms with Crippen LogP contribution < -0.4 is 10.5 Å². The normalized spacial score (nSPS) is 10.1. The molecule has 1 aromatic carbocycles. The van der Waals surface area contributed by atoms with Crippen LogP contribution in [0.15, 0.2) is 18.2 Å². The first-order valence-corrected chi connectivity index (χ1v) is 4.77. The lowest BCUT2D eigenvalue weighted by Gasteiger charge is -2.09. The van der Waals surface area contributed by atoms with Gasteiger partial charge >= 0.3 is 0 Å². The molecule has 1 aromatic rings. The summed E-state index contributed by atoms with van der Waals surface area (Å²) in [4.78, 5) is 0. The SMILES string of the molecule is CCCOc1ccc(Cl)cc1CN. The Hall–Kier alpha value is -0.730. The van der Waals surface area contributed by atoms with Gasteiger partial charge in [0.25, 0.3) is 0 Å². The number of ether oxygens (including phenoxy) is 1. The van der Waals surface area contributed by atoms with Gasteiger partial charge in [-0.1, -0.05) is 18.5 Å². The first-order chi connectivity index (χ1) is 6.27. The van der Waals surface area contributed by atoms with Crippen LogP contribution in [0, 0.1) is 0 Å². The van der Waals surface area contributed by atoms with Crippen molar-refractivity contribution >= 4 is 11.6 Å². The van der Waals surface area contributed by atoms with Gasteiger partial charge in [-0.15, -0.1) is 0 Å². The Morgan fingerprint density at radius 3 is 2.85 bits per heavy atom. The number of hydrogen-bond acceptors (Lipinski definition) is 2. The topological polar surface area (TPSA) is 35.2 Å². The van der Waals surface area contributed by atoms with Gasteiger partial charge in [-0.25, -0.2) is 0 Å². The first kappa shape index (κ1) is 10.4. The standard InChI is InChI=1S/C10H14ClNO/c1-2-5-13-10-4-3-9(11)6-8(10)7-12/h3-4,6H,2,5,7,12H2,1H3. The number of hydrogen-bond donors (Lipinski definition) is 1. The van der Waals surface area contributed by atoms with E-state index in [1.54, 1.807) is 0 Å². The van der Waals surface area contributed by atoms with E-state index in [2.05, 4.69) is 6.92 Å². The van der Waals surface area contributed by atoms with Crippen molar-refractivity contribution in [1.82, 2.24) is 0 Å². The predicted octanol–water partition coefficient (Wildman–Crippen LogP) is 2.59. The van der Waals surface area contributed by atoms with Crippen molar-refractivity contribution in [3.05, 3.63) is 28.8 Å². The summed E-state index contributed by atoms with van der Waals surface area (Å²) in [6.07, 6.45) is 0.993. The molecule has 2 N–H and O–H groups in total. The highest BCUT2D eigenvalue weighted by atomic mass is 35.5. The fraction of sp³-hybridized carbons (Fsp3) is 0.400. The summed E-state index contributed by atoms with van der Waals surface area (Å²) in [5.74, 6) is 0.841. The van der Waals surface area contributed by atoms with E-state index in [1.807, 2.05) is 18.2 Å². The lowest BCUT2D eigenvalue weighted by atomic mass is 10.2. The molecule has 1 rings (SSSR count). The highest BCUT2D eigenvalue weighted by molar-refractivity contribution is 6.30. The molecule has 0 aliphatic rings. The van der Waals surface area contributed by atoms with E-state index in [0.29, 0.717) is 18.2 Å². The maximum Gasteiger partial charge on any atom is 0.123 e. The molecule has 0 bridgehead atoms. The maximum absolute atomic E-state index is 5.82. The van der Waals surface area contributed by atoms with Gasteiger partial charge in [0.2, 0.25) is 0 Å². The van der Waals surface area contributed by atoms with E-state index in [-0.39, 0.29) is 0 Å². The third-order valence-electron chi connectivity index (χ3n) is 1.70. The zero-order chi connectivity index (χ0) is 9.68. The largest absolute Gasteiger partial charge is 0.493 e. The zero-order valence-corrected chi connectivity index (χ0v) is 8.47. The van der Waals surface area contributed by atoms with Crippen LogP contribution >= 0.6 is 11.6 Å². The molecule has 0 fully saturated rings. The van der Waals surface area contributed by atoms with E-state index in [4.69, 9.17) is 22.1 Å². The van der Waals surface area contributed by atoms with Crippen molar-refractivity contribution < 1.29 is 4.74 Å². The molecule has 0 spiro atoms. The predicted molar refractivity (Wildman–Crippen MR) is 55.1 cm³/mol. The summed E-state index contributed by atoms with van der Waals surface area (Å²) in [7, 11) is 0. The van der Waals surface area contributed by atoms with Gasteiger partial charge in [-0.05, 0) is 24.6 Å². The van der Waals surface area contributed by atoms with Crippen molar-refractivity contribution in [3.8, 4) is 5.75 Å². The van der Waals surface area contributed by atoms with Crippen LogP contribution in [-0.4, -0.2) is 6.61 Å². The number of halogens is 1. The Bertz CT molecular complexity index is 276. The average molecular weight is 200 g/mol. The van der Waals surface area contributed by atoms with Gasteiger partial charge in [-0.2, -0.15) is 0 Å². The highest BCUT2D eigenvalue weighted by Crippen LogP contribution is 2.22. The first-order valence-electron chi connectivity index (χ1n) is 4.39. The van der Waals surface area contributed by atoms with Gasteiger partial charge < -0.3 is 10.5 Å². The number of nitrogens with two attached hydrogens (primary N) is 1. The van der Waals surface area contributed by atoms with Crippen LogP contribution in [0.3, 0.4) is 0 Å². The molecule has 0 unspecified atom stereocenters.